The van der Waals surface area contributed by atoms with E-state index < -0.39 is 5.60 Å². The van der Waals surface area contributed by atoms with Crippen molar-refractivity contribution in [2.45, 2.75) is 64.6 Å². The Morgan fingerprint density at radius 1 is 1.33 bits per heavy atom. The van der Waals surface area contributed by atoms with Crippen LogP contribution in [0.1, 0.15) is 51.7 Å². The van der Waals surface area contributed by atoms with Gasteiger partial charge in [-0.25, -0.2) is 0 Å². The normalized spacial score (nSPS) is 18.1. The number of hydrogen-bond acceptors (Lipinski definition) is 2. The molecule has 0 bridgehead atoms. The maximum absolute atomic E-state index is 9.76. The molecule has 0 unspecified atom stereocenters. The first-order valence-corrected chi connectivity index (χ1v) is 6.78. The van der Waals surface area contributed by atoms with Crippen LogP contribution in [-0.4, -0.2) is 16.3 Å². The molecule has 1 aliphatic heterocycles. The summed E-state index contributed by atoms with van der Waals surface area (Å²) in [4.78, 5) is 0. The minimum absolute atomic E-state index is 0.0401. The first kappa shape index (κ1) is 13.4. The molecule has 0 aromatic heterocycles. The predicted molar refractivity (Wildman–Crippen MR) is 74.1 cm³/mol. The average molecular weight is 248 g/mol. The van der Waals surface area contributed by atoms with Crippen LogP contribution in [0.15, 0.2) is 18.2 Å². The van der Waals surface area contributed by atoms with Crippen molar-refractivity contribution in [3.8, 4) is 5.75 Å². The Kier molecular flexibility index (Phi) is 3.41. The van der Waals surface area contributed by atoms with Crippen molar-refractivity contribution in [1.29, 1.82) is 0 Å². The van der Waals surface area contributed by atoms with Crippen LogP contribution in [0.5, 0.6) is 5.75 Å². The number of rotatable bonds is 3. The van der Waals surface area contributed by atoms with E-state index in [1.54, 1.807) is 0 Å². The molecule has 0 aliphatic carbocycles. The van der Waals surface area contributed by atoms with Gasteiger partial charge in [0.1, 0.15) is 11.4 Å². The van der Waals surface area contributed by atoms with Gasteiger partial charge >= 0.3 is 0 Å². The number of benzene rings is 1. The molecule has 18 heavy (non-hydrogen) atoms. The lowest BCUT2D eigenvalue weighted by Crippen LogP contribution is -2.32. The van der Waals surface area contributed by atoms with Gasteiger partial charge < -0.3 is 9.84 Å². The van der Waals surface area contributed by atoms with E-state index in [9.17, 15) is 5.11 Å². The highest BCUT2D eigenvalue weighted by molar-refractivity contribution is 5.39. The number of ether oxygens (including phenoxy) is 1. The summed E-state index contributed by atoms with van der Waals surface area (Å²) in [5.74, 6) is 1.03. The fourth-order valence-electron chi connectivity index (χ4n) is 2.32. The van der Waals surface area contributed by atoms with Crippen LogP contribution in [0, 0.1) is 0 Å². The molecule has 0 radical (unpaired) electrons. The Labute approximate surface area is 110 Å². The molecule has 1 N–H and O–H groups in total. The molecule has 0 fully saturated rings. The van der Waals surface area contributed by atoms with Gasteiger partial charge in [0.2, 0.25) is 0 Å². The van der Waals surface area contributed by atoms with Crippen LogP contribution < -0.4 is 4.74 Å². The molecular formula is C16H24O2. The quantitative estimate of drug-likeness (QED) is 0.887. The molecule has 2 rings (SSSR count). The summed E-state index contributed by atoms with van der Waals surface area (Å²) < 4.78 is 5.97. The molecule has 1 heterocycles. The lowest BCUT2D eigenvalue weighted by atomic mass is 9.91. The second kappa shape index (κ2) is 4.58. The predicted octanol–water partition coefficient (Wildman–Crippen LogP) is 3.49. The molecule has 0 amide bonds. The molecule has 1 aromatic carbocycles. The van der Waals surface area contributed by atoms with E-state index in [-0.39, 0.29) is 5.60 Å². The zero-order valence-corrected chi connectivity index (χ0v) is 11.9. The van der Waals surface area contributed by atoms with Crippen LogP contribution in [0.3, 0.4) is 0 Å². The maximum Gasteiger partial charge on any atom is 0.123 e. The van der Waals surface area contributed by atoms with E-state index in [0.29, 0.717) is 0 Å². The summed E-state index contributed by atoms with van der Waals surface area (Å²) in [5, 5.41) is 9.76. The van der Waals surface area contributed by atoms with Crippen molar-refractivity contribution in [3.63, 3.8) is 0 Å². The Morgan fingerprint density at radius 3 is 2.72 bits per heavy atom. The van der Waals surface area contributed by atoms with E-state index in [2.05, 4.69) is 32.0 Å². The van der Waals surface area contributed by atoms with Gasteiger partial charge in [-0.05, 0) is 70.6 Å². The fourth-order valence-corrected chi connectivity index (χ4v) is 2.32. The molecule has 0 saturated heterocycles. The Morgan fingerprint density at radius 2 is 2.06 bits per heavy atom. The third-order valence-electron chi connectivity index (χ3n) is 3.53. The van der Waals surface area contributed by atoms with Crippen LogP contribution >= 0.6 is 0 Å². The molecular weight excluding hydrogens is 224 g/mol. The van der Waals surface area contributed by atoms with Gasteiger partial charge in [-0.1, -0.05) is 12.1 Å². The first-order chi connectivity index (χ1) is 8.25. The lowest BCUT2D eigenvalue weighted by Gasteiger charge is -2.32. The third-order valence-corrected chi connectivity index (χ3v) is 3.53. The topological polar surface area (TPSA) is 29.5 Å². The summed E-state index contributed by atoms with van der Waals surface area (Å²) in [6, 6.07) is 6.43. The van der Waals surface area contributed by atoms with Crippen LogP contribution in [0.25, 0.3) is 0 Å². The highest BCUT2D eigenvalue weighted by Crippen LogP contribution is 2.33. The average Bonchev–Trinajstić information content (AvgIpc) is 2.24. The minimum atomic E-state index is -0.589. The van der Waals surface area contributed by atoms with Crippen molar-refractivity contribution >= 4 is 0 Å². The first-order valence-electron chi connectivity index (χ1n) is 6.78. The number of hydrogen-bond donors (Lipinski definition) is 1. The summed E-state index contributed by atoms with van der Waals surface area (Å²) in [7, 11) is 0. The van der Waals surface area contributed by atoms with Crippen molar-refractivity contribution < 1.29 is 9.84 Å². The second-order valence-electron chi connectivity index (χ2n) is 6.62. The van der Waals surface area contributed by atoms with E-state index >= 15 is 0 Å². The standard InChI is InChI=1S/C16H24O2/c1-15(2,17)9-7-12-5-6-14-13(11-12)8-10-16(3,4)18-14/h5-6,11,17H,7-10H2,1-4H3. The molecule has 2 heteroatoms. The second-order valence-corrected chi connectivity index (χ2v) is 6.62. The van der Waals surface area contributed by atoms with E-state index in [1.807, 2.05) is 13.8 Å². The highest BCUT2D eigenvalue weighted by atomic mass is 16.5. The number of aryl methyl sites for hydroxylation is 2. The Hall–Kier alpha value is -1.02. The van der Waals surface area contributed by atoms with Gasteiger partial charge in [0.25, 0.3) is 0 Å². The molecule has 0 spiro atoms. The van der Waals surface area contributed by atoms with Crippen LogP contribution in [-0.2, 0) is 12.8 Å². The zero-order chi connectivity index (χ0) is 13.4. The summed E-state index contributed by atoms with van der Waals surface area (Å²) in [5.41, 5.74) is 1.97. The fraction of sp³-hybridized carbons (Fsp3) is 0.625. The maximum atomic E-state index is 9.76. The molecule has 0 saturated carbocycles. The molecule has 0 atom stereocenters. The SMILES string of the molecule is CC(C)(O)CCc1ccc2c(c1)CCC(C)(C)O2. The lowest BCUT2D eigenvalue weighted by molar-refractivity contribution is 0.0713. The smallest absolute Gasteiger partial charge is 0.123 e. The van der Waals surface area contributed by atoms with Crippen molar-refractivity contribution in [3.05, 3.63) is 29.3 Å². The minimum Gasteiger partial charge on any atom is -0.488 e. The number of fused-ring (bicyclic) bond motifs is 1. The van der Waals surface area contributed by atoms with E-state index in [4.69, 9.17) is 4.74 Å². The summed E-state index contributed by atoms with van der Waals surface area (Å²) in [6.45, 7) is 7.99. The van der Waals surface area contributed by atoms with E-state index in [1.165, 1.54) is 11.1 Å². The van der Waals surface area contributed by atoms with Gasteiger partial charge in [-0.3, -0.25) is 0 Å². The molecule has 1 aromatic rings. The van der Waals surface area contributed by atoms with E-state index in [0.717, 1.165) is 31.4 Å². The highest BCUT2D eigenvalue weighted by Gasteiger charge is 2.26. The van der Waals surface area contributed by atoms with Crippen molar-refractivity contribution in [2.75, 3.05) is 0 Å². The molecule has 2 nitrogen and oxygen atoms in total. The van der Waals surface area contributed by atoms with Crippen LogP contribution in [0.4, 0.5) is 0 Å². The van der Waals surface area contributed by atoms with Gasteiger partial charge in [0.15, 0.2) is 0 Å². The Bertz CT molecular complexity index is 427. The number of aliphatic hydroxyl groups is 1. The van der Waals surface area contributed by atoms with Crippen molar-refractivity contribution in [1.82, 2.24) is 0 Å². The van der Waals surface area contributed by atoms with Gasteiger partial charge in [-0.2, -0.15) is 0 Å². The third kappa shape index (κ3) is 3.49. The van der Waals surface area contributed by atoms with Crippen molar-refractivity contribution in [2.24, 2.45) is 0 Å². The summed E-state index contributed by atoms with van der Waals surface area (Å²) >= 11 is 0. The monoisotopic (exact) mass is 248 g/mol. The van der Waals surface area contributed by atoms with Gasteiger partial charge in [0.05, 0.1) is 5.60 Å². The summed E-state index contributed by atoms with van der Waals surface area (Å²) in [6.07, 6.45) is 3.85. The van der Waals surface area contributed by atoms with Gasteiger partial charge in [-0.15, -0.1) is 0 Å². The Balaban J connectivity index is 2.09. The molecule has 1 aliphatic rings. The molecule has 100 valence electrons. The van der Waals surface area contributed by atoms with Crippen LogP contribution in [0.2, 0.25) is 0 Å². The zero-order valence-electron chi connectivity index (χ0n) is 11.9. The van der Waals surface area contributed by atoms with Gasteiger partial charge in [0, 0.05) is 0 Å². The largest absolute Gasteiger partial charge is 0.488 e.